The average Bonchev–Trinajstić information content (AvgIpc) is 2.96. The smallest absolute Gasteiger partial charge is 0.308 e. The van der Waals surface area contributed by atoms with Crippen LogP contribution < -0.4 is 10.1 Å². The Morgan fingerprint density at radius 1 is 0.897 bits per heavy atom. The number of nitrogens with one attached hydrogen (secondary N) is 1. The molecule has 3 rings (SSSR count). The Labute approximate surface area is 233 Å². The van der Waals surface area contributed by atoms with Crippen LogP contribution in [-0.2, 0) is 19.1 Å². The van der Waals surface area contributed by atoms with Crippen molar-refractivity contribution in [2.75, 3.05) is 19.7 Å². The van der Waals surface area contributed by atoms with Crippen molar-refractivity contribution < 1.29 is 23.9 Å². The normalized spacial score (nSPS) is 15.9. The van der Waals surface area contributed by atoms with Crippen LogP contribution in [0.4, 0.5) is 0 Å². The van der Waals surface area contributed by atoms with Crippen LogP contribution in [0.5, 0.6) is 5.75 Å². The third-order valence-electron chi connectivity index (χ3n) is 7.12. The van der Waals surface area contributed by atoms with E-state index in [1.54, 1.807) is 0 Å². The van der Waals surface area contributed by atoms with E-state index in [0.717, 1.165) is 30.4 Å². The Morgan fingerprint density at radius 3 is 2.21 bits per heavy atom. The third kappa shape index (κ3) is 9.72. The highest BCUT2D eigenvalue weighted by molar-refractivity contribution is 5.93. The van der Waals surface area contributed by atoms with Crippen LogP contribution in [0.25, 0.3) is 11.1 Å². The van der Waals surface area contributed by atoms with Crippen molar-refractivity contribution >= 4 is 17.8 Å². The molecule has 1 saturated heterocycles. The predicted octanol–water partition coefficient (Wildman–Crippen LogP) is 5.91. The summed E-state index contributed by atoms with van der Waals surface area (Å²) in [5, 5.41) is 2.77. The van der Waals surface area contributed by atoms with E-state index in [4.69, 9.17) is 9.47 Å². The first-order valence-corrected chi connectivity index (χ1v) is 14.6. The van der Waals surface area contributed by atoms with Gasteiger partial charge >= 0.3 is 5.97 Å². The number of carbonyl (C=O) groups excluding carboxylic acids is 3. The van der Waals surface area contributed by atoms with E-state index < -0.39 is 18.1 Å². The fraction of sp³-hybridized carbons (Fsp3) is 0.531. The van der Waals surface area contributed by atoms with E-state index >= 15 is 0 Å². The van der Waals surface area contributed by atoms with Crippen molar-refractivity contribution in [2.45, 2.75) is 90.2 Å². The standard InChI is InChI=1S/C32H44N2O5/c1-3-5-6-7-8-9-10-14-23-38-30(35)24-28-31(36)33-21-22-34(28)32(37)29(4-2)39-27-19-17-26(18-20-27)25-15-12-11-13-16-25/h11-13,15-20,28-29H,3-10,14,21-24H2,1-2H3,(H,33,36). The van der Waals surface area contributed by atoms with Crippen molar-refractivity contribution in [3.05, 3.63) is 54.6 Å². The predicted molar refractivity (Wildman–Crippen MR) is 153 cm³/mol. The summed E-state index contributed by atoms with van der Waals surface area (Å²) in [5.74, 6) is -0.498. The summed E-state index contributed by atoms with van der Waals surface area (Å²) in [6, 6.07) is 16.8. The molecule has 2 unspecified atom stereocenters. The minimum absolute atomic E-state index is 0.156. The van der Waals surface area contributed by atoms with E-state index in [9.17, 15) is 14.4 Å². The first-order chi connectivity index (χ1) is 19.0. The van der Waals surface area contributed by atoms with Gasteiger partial charge in [-0.2, -0.15) is 0 Å². The number of benzene rings is 2. The van der Waals surface area contributed by atoms with Crippen molar-refractivity contribution in [3.63, 3.8) is 0 Å². The lowest BCUT2D eigenvalue weighted by atomic mass is 10.1. The second kappa shape index (κ2) is 16.6. The first-order valence-electron chi connectivity index (χ1n) is 14.6. The zero-order chi connectivity index (χ0) is 27.9. The van der Waals surface area contributed by atoms with Gasteiger partial charge in [-0.15, -0.1) is 0 Å². The van der Waals surface area contributed by atoms with Gasteiger partial charge in [0.1, 0.15) is 11.8 Å². The van der Waals surface area contributed by atoms with Crippen LogP contribution in [0, 0.1) is 0 Å². The summed E-state index contributed by atoms with van der Waals surface area (Å²) in [5.41, 5.74) is 2.16. The zero-order valence-corrected chi connectivity index (χ0v) is 23.5. The van der Waals surface area contributed by atoms with Crippen molar-refractivity contribution in [1.29, 1.82) is 0 Å². The van der Waals surface area contributed by atoms with Gasteiger partial charge in [0, 0.05) is 13.1 Å². The minimum Gasteiger partial charge on any atom is -0.481 e. The van der Waals surface area contributed by atoms with Crippen LogP contribution in [-0.4, -0.2) is 54.5 Å². The molecule has 1 aliphatic heterocycles. The molecule has 1 fully saturated rings. The van der Waals surface area contributed by atoms with Gasteiger partial charge in [-0.05, 0) is 36.1 Å². The van der Waals surface area contributed by atoms with Gasteiger partial charge in [0.05, 0.1) is 13.0 Å². The number of hydrogen-bond donors (Lipinski definition) is 1. The molecule has 1 aliphatic rings. The highest BCUT2D eigenvalue weighted by atomic mass is 16.5. The number of piperazine rings is 1. The zero-order valence-electron chi connectivity index (χ0n) is 23.5. The number of hydrogen-bond acceptors (Lipinski definition) is 5. The first kappa shape index (κ1) is 30.2. The molecule has 2 atom stereocenters. The van der Waals surface area contributed by atoms with Crippen LogP contribution in [0.15, 0.2) is 54.6 Å². The Bertz CT molecular complexity index is 1020. The van der Waals surface area contributed by atoms with Gasteiger partial charge in [0.2, 0.25) is 5.91 Å². The molecule has 0 saturated carbocycles. The molecule has 0 spiro atoms. The number of amides is 2. The maximum atomic E-state index is 13.5. The van der Waals surface area contributed by atoms with Crippen molar-refractivity contribution in [2.24, 2.45) is 0 Å². The molecule has 39 heavy (non-hydrogen) atoms. The van der Waals surface area contributed by atoms with Crippen molar-refractivity contribution in [3.8, 4) is 16.9 Å². The number of unbranched alkanes of at least 4 members (excludes halogenated alkanes) is 7. The van der Waals surface area contributed by atoms with Gasteiger partial charge < -0.3 is 19.7 Å². The molecular formula is C32H44N2O5. The largest absolute Gasteiger partial charge is 0.481 e. The summed E-state index contributed by atoms with van der Waals surface area (Å²) in [7, 11) is 0. The Balaban J connectivity index is 1.50. The lowest BCUT2D eigenvalue weighted by molar-refractivity contribution is -0.154. The molecule has 1 N–H and O–H groups in total. The minimum atomic E-state index is -0.893. The van der Waals surface area contributed by atoms with Gasteiger partial charge in [-0.25, -0.2) is 0 Å². The highest BCUT2D eigenvalue weighted by Gasteiger charge is 2.38. The van der Waals surface area contributed by atoms with Gasteiger partial charge in [0.25, 0.3) is 5.91 Å². The topological polar surface area (TPSA) is 84.9 Å². The number of esters is 1. The maximum Gasteiger partial charge on any atom is 0.308 e. The maximum absolute atomic E-state index is 13.5. The molecule has 2 aromatic carbocycles. The monoisotopic (exact) mass is 536 g/mol. The quantitative estimate of drug-likeness (QED) is 0.213. The van der Waals surface area contributed by atoms with E-state index in [2.05, 4.69) is 12.2 Å². The van der Waals surface area contributed by atoms with Crippen LogP contribution in [0.3, 0.4) is 0 Å². The molecule has 0 radical (unpaired) electrons. The van der Waals surface area contributed by atoms with Crippen LogP contribution in [0.2, 0.25) is 0 Å². The summed E-state index contributed by atoms with van der Waals surface area (Å²) < 4.78 is 11.5. The van der Waals surface area contributed by atoms with E-state index in [1.807, 2.05) is 61.5 Å². The molecular weight excluding hydrogens is 492 g/mol. The molecule has 7 nitrogen and oxygen atoms in total. The second-order valence-electron chi connectivity index (χ2n) is 10.1. The van der Waals surface area contributed by atoms with Gasteiger partial charge in [-0.1, -0.05) is 101 Å². The Kier molecular flexibility index (Phi) is 12.8. The van der Waals surface area contributed by atoms with E-state index in [1.165, 1.54) is 37.0 Å². The van der Waals surface area contributed by atoms with Gasteiger partial charge in [-0.3, -0.25) is 14.4 Å². The summed E-state index contributed by atoms with van der Waals surface area (Å²) in [6.45, 7) is 5.10. The molecule has 0 bridgehead atoms. The fourth-order valence-electron chi connectivity index (χ4n) is 4.83. The summed E-state index contributed by atoms with van der Waals surface area (Å²) >= 11 is 0. The fourth-order valence-corrected chi connectivity index (χ4v) is 4.83. The van der Waals surface area contributed by atoms with Crippen LogP contribution in [0.1, 0.15) is 78.1 Å². The molecule has 0 aliphatic carbocycles. The molecule has 7 heteroatoms. The SMILES string of the molecule is CCCCCCCCCCOC(=O)CC1C(=O)NCCN1C(=O)C(CC)Oc1ccc(-c2ccccc2)cc1. The molecule has 2 aromatic rings. The second-order valence-corrected chi connectivity index (χ2v) is 10.1. The average molecular weight is 537 g/mol. The molecule has 0 aromatic heterocycles. The number of nitrogens with zero attached hydrogens (tertiary/aromatic N) is 1. The number of carbonyl (C=O) groups is 3. The third-order valence-corrected chi connectivity index (χ3v) is 7.12. The van der Waals surface area contributed by atoms with Gasteiger partial charge in [0.15, 0.2) is 6.10 Å². The Morgan fingerprint density at radius 2 is 1.54 bits per heavy atom. The number of ether oxygens (including phenoxy) is 2. The number of rotatable bonds is 16. The Hall–Kier alpha value is -3.35. The molecule has 1 heterocycles. The van der Waals surface area contributed by atoms with Crippen molar-refractivity contribution in [1.82, 2.24) is 10.2 Å². The van der Waals surface area contributed by atoms with E-state index in [0.29, 0.717) is 31.9 Å². The lowest BCUT2D eigenvalue weighted by Gasteiger charge is -2.36. The highest BCUT2D eigenvalue weighted by Crippen LogP contribution is 2.24. The lowest BCUT2D eigenvalue weighted by Crippen LogP contribution is -2.60. The van der Waals surface area contributed by atoms with Crippen LogP contribution >= 0.6 is 0 Å². The summed E-state index contributed by atoms with van der Waals surface area (Å²) in [6.07, 6.45) is 8.80. The molecule has 212 valence electrons. The molecule has 2 amide bonds. The summed E-state index contributed by atoms with van der Waals surface area (Å²) in [4.78, 5) is 40.1. The van der Waals surface area contributed by atoms with E-state index in [-0.39, 0.29) is 18.2 Å².